The van der Waals surface area contributed by atoms with Gasteiger partial charge in [-0.1, -0.05) is 25.1 Å². The minimum atomic E-state index is -3.51. The van der Waals surface area contributed by atoms with E-state index in [0.717, 1.165) is 12.1 Å². The number of hydrogen-bond acceptors (Lipinski definition) is 5. The lowest BCUT2D eigenvalue weighted by atomic mass is 10.1. The highest BCUT2D eigenvalue weighted by Crippen LogP contribution is 2.14. The molecule has 130 valence electrons. The van der Waals surface area contributed by atoms with E-state index in [9.17, 15) is 13.2 Å². The number of ether oxygens (including phenoxy) is 1. The van der Waals surface area contributed by atoms with Gasteiger partial charge in [0.15, 0.2) is 0 Å². The third kappa shape index (κ3) is 8.08. The molecule has 1 aromatic rings. The maximum Gasteiger partial charge on any atom is 0.239 e. The van der Waals surface area contributed by atoms with Crippen LogP contribution in [-0.2, 0) is 26.1 Å². The number of sulfonamides is 1. The zero-order chi connectivity index (χ0) is 17.1. The first-order valence-electron chi connectivity index (χ1n) is 7.62. The molecule has 0 spiro atoms. The van der Waals surface area contributed by atoms with Crippen molar-refractivity contribution >= 4 is 21.6 Å². The average Bonchev–Trinajstić information content (AvgIpc) is 2.52. The smallest absolute Gasteiger partial charge is 0.239 e. The second kappa shape index (κ2) is 10.3. The highest BCUT2D eigenvalue weighted by molar-refractivity contribution is 7.89. The summed E-state index contributed by atoms with van der Waals surface area (Å²) in [5.41, 5.74) is 1.62. The monoisotopic (exact) mass is 343 g/mol. The lowest BCUT2D eigenvalue weighted by molar-refractivity contribution is -0.115. The van der Waals surface area contributed by atoms with Crippen LogP contribution >= 0.6 is 0 Å². The highest BCUT2D eigenvalue weighted by Gasteiger charge is 2.13. The molecule has 1 rings (SSSR count). The molecule has 0 fully saturated rings. The third-order valence-electron chi connectivity index (χ3n) is 3.01. The second-order valence-electron chi connectivity index (χ2n) is 4.82. The van der Waals surface area contributed by atoms with E-state index in [1.165, 1.54) is 0 Å². The van der Waals surface area contributed by atoms with Gasteiger partial charge in [0.25, 0.3) is 0 Å². The summed E-state index contributed by atoms with van der Waals surface area (Å²) in [4.78, 5) is 11.9. The van der Waals surface area contributed by atoms with Gasteiger partial charge in [0, 0.05) is 18.8 Å². The second-order valence-corrected chi connectivity index (χ2v) is 6.75. The van der Waals surface area contributed by atoms with Crippen molar-refractivity contribution in [3.05, 3.63) is 29.8 Å². The fraction of sp³-hybridized carbons (Fsp3) is 0.533. The van der Waals surface area contributed by atoms with Crippen LogP contribution in [0.1, 0.15) is 19.4 Å². The Labute approximate surface area is 137 Å². The van der Waals surface area contributed by atoms with Gasteiger partial charge in [-0.15, -0.1) is 0 Å². The van der Waals surface area contributed by atoms with Crippen LogP contribution in [0.2, 0.25) is 0 Å². The van der Waals surface area contributed by atoms with Crippen molar-refractivity contribution in [2.24, 2.45) is 0 Å². The van der Waals surface area contributed by atoms with Crippen molar-refractivity contribution in [1.82, 2.24) is 10.0 Å². The third-order valence-corrected chi connectivity index (χ3v) is 4.30. The van der Waals surface area contributed by atoms with Crippen molar-refractivity contribution in [1.29, 1.82) is 0 Å². The Hall–Kier alpha value is -1.48. The molecule has 0 aliphatic carbocycles. The van der Waals surface area contributed by atoms with Gasteiger partial charge in [-0.05, 0) is 25.1 Å². The van der Waals surface area contributed by atoms with Crippen LogP contribution in [-0.4, -0.2) is 46.4 Å². The number of carbonyl (C=O) groups excluding carboxylic acids is 1. The first-order chi connectivity index (χ1) is 11.0. The number of rotatable bonds is 11. The Morgan fingerprint density at radius 1 is 1.22 bits per heavy atom. The van der Waals surface area contributed by atoms with Crippen LogP contribution in [0, 0.1) is 0 Å². The summed E-state index contributed by atoms with van der Waals surface area (Å²) in [6, 6.07) is 7.40. The van der Waals surface area contributed by atoms with Crippen LogP contribution in [0.4, 0.5) is 5.69 Å². The summed E-state index contributed by atoms with van der Waals surface area (Å²) in [7, 11) is -3.51. The molecular formula is C15H25N3O4S. The van der Waals surface area contributed by atoms with E-state index in [0.29, 0.717) is 18.8 Å². The molecule has 23 heavy (non-hydrogen) atoms. The summed E-state index contributed by atoms with van der Waals surface area (Å²) >= 11 is 0. The van der Waals surface area contributed by atoms with Gasteiger partial charge in [-0.3, -0.25) is 4.79 Å². The van der Waals surface area contributed by atoms with Crippen molar-refractivity contribution in [2.45, 2.75) is 20.4 Å². The molecule has 0 saturated heterocycles. The maximum atomic E-state index is 11.9. The number of anilines is 1. The van der Waals surface area contributed by atoms with E-state index in [2.05, 4.69) is 15.4 Å². The normalized spacial score (nSPS) is 11.4. The number of hydrogen-bond donors (Lipinski definition) is 3. The van der Waals surface area contributed by atoms with Crippen LogP contribution in [0.15, 0.2) is 24.3 Å². The molecule has 0 aliphatic rings. The molecule has 0 saturated carbocycles. The van der Waals surface area contributed by atoms with Gasteiger partial charge in [0.2, 0.25) is 15.9 Å². The quantitative estimate of drug-likeness (QED) is 0.514. The first kappa shape index (κ1) is 19.6. The molecule has 7 nitrogen and oxygen atoms in total. The number of para-hydroxylation sites is 1. The molecule has 1 aromatic carbocycles. The maximum absolute atomic E-state index is 11.9. The Balaban J connectivity index is 2.51. The fourth-order valence-electron chi connectivity index (χ4n) is 1.81. The largest absolute Gasteiger partial charge is 0.381 e. The Bertz CT molecular complexity index is 590. The summed E-state index contributed by atoms with van der Waals surface area (Å²) in [6.07, 6.45) is 0. The number of amides is 1. The van der Waals surface area contributed by atoms with E-state index in [1.807, 2.05) is 25.1 Å². The molecule has 0 bridgehead atoms. The van der Waals surface area contributed by atoms with Crippen LogP contribution in [0.3, 0.4) is 0 Å². The molecule has 3 N–H and O–H groups in total. The van der Waals surface area contributed by atoms with E-state index in [1.54, 1.807) is 13.0 Å². The topological polar surface area (TPSA) is 96.5 Å². The Kier molecular flexibility index (Phi) is 8.78. The molecular weight excluding hydrogens is 318 g/mol. The van der Waals surface area contributed by atoms with Gasteiger partial charge >= 0.3 is 0 Å². The number of carbonyl (C=O) groups is 1. The summed E-state index contributed by atoms with van der Waals surface area (Å²) in [5.74, 6) is -0.570. The van der Waals surface area contributed by atoms with Crippen LogP contribution in [0.25, 0.3) is 0 Å². The molecule has 0 aromatic heterocycles. The minimum Gasteiger partial charge on any atom is -0.381 e. The average molecular weight is 343 g/mol. The minimum absolute atomic E-state index is 0.110. The van der Waals surface area contributed by atoms with Crippen molar-refractivity contribution < 1.29 is 17.9 Å². The van der Waals surface area contributed by atoms with Crippen molar-refractivity contribution in [3.63, 3.8) is 0 Å². The Morgan fingerprint density at radius 2 is 1.96 bits per heavy atom. The lowest BCUT2D eigenvalue weighted by Crippen LogP contribution is -2.35. The number of nitrogens with one attached hydrogen (secondary N) is 3. The van der Waals surface area contributed by atoms with Gasteiger partial charge in [-0.25, -0.2) is 13.1 Å². The molecule has 1 amide bonds. The SMILES string of the molecule is CCNCc1ccccc1NC(=O)CNS(=O)(=O)CCOCC. The number of benzene rings is 1. The van der Waals surface area contributed by atoms with Crippen LogP contribution in [0.5, 0.6) is 0 Å². The fourth-order valence-corrected chi connectivity index (χ4v) is 2.64. The molecule has 0 heterocycles. The van der Waals surface area contributed by atoms with Gasteiger partial charge < -0.3 is 15.4 Å². The molecule has 0 radical (unpaired) electrons. The van der Waals surface area contributed by atoms with E-state index < -0.39 is 15.9 Å². The summed E-state index contributed by atoms with van der Waals surface area (Å²) in [6.45, 7) is 5.51. The first-order valence-corrected chi connectivity index (χ1v) is 9.27. The molecule has 8 heteroatoms. The van der Waals surface area contributed by atoms with Gasteiger partial charge in [0.1, 0.15) is 0 Å². The predicted octanol–water partition coefficient (Wildman–Crippen LogP) is 0.691. The Morgan fingerprint density at radius 3 is 2.65 bits per heavy atom. The van der Waals surface area contributed by atoms with Gasteiger partial charge in [-0.2, -0.15) is 0 Å². The molecule has 0 atom stereocenters. The van der Waals surface area contributed by atoms with E-state index in [-0.39, 0.29) is 18.9 Å². The highest BCUT2D eigenvalue weighted by atomic mass is 32.2. The zero-order valence-electron chi connectivity index (χ0n) is 13.6. The molecule has 0 unspecified atom stereocenters. The standard InChI is InChI=1S/C15H25N3O4S/c1-3-16-11-13-7-5-6-8-14(13)18-15(19)12-17-23(20,21)10-9-22-4-2/h5-8,16-17H,3-4,9-12H2,1-2H3,(H,18,19). The molecule has 0 aliphatic heterocycles. The lowest BCUT2D eigenvalue weighted by Gasteiger charge is -2.12. The summed E-state index contributed by atoms with van der Waals surface area (Å²) in [5, 5.41) is 5.91. The summed E-state index contributed by atoms with van der Waals surface area (Å²) < 4.78 is 30.6. The van der Waals surface area contributed by atoms with Gasteiger partial charge in [0.05, 0.1) is 18.9 Å². The van der Waals surface area contributed by atoms with Crippen molar-refractivity contribution in [3.8, 4) is 0 Å². The van der Waals surface area contributed by atoms with Crippen LogP contribution < -0.4 is 15.4 Å². The van der Waals surface area contributed by atoms with E-state index >= 15 is 0 Å². The van der Waals surface area contributed by atoms with Crippen molar-refractivity contribution in [2.75, 3.05) is 37.4 Å². The zero-order valence-corrected chi connectivity index (χ0v) is 14.4. The predicted molar refractivity (Wildman–Crippen MR) is 90.7 cm³/mol. The van der Waals surface area contributed by atoms with E-state index in [4.69, 9.17) is 4.74 Å².